The van der Waals surface area contributed by atoms with Crippen molar-refractivity contribution in [2.75, 3.05) is 23.7 Å². The number of aromatic nitrogens is 1. The van der Waals surface area contributed by atoms with Crippen LogP contribution >= 0.6 is 22.9 Å². The summed E-state index contributed by atoms with van der Waals surface area (Å²) in [6.07, 6.45) is 3.20. The summed E-state index contributed by atoms with van der Waals surface area (Å²) < 4.78 is 0. The summed E-state index contributed by atoms with van der Waals surface area (Å²) in [5, 5.41) is 8.35. The Morgan fingerprint density at radius 1 is 1.30 bits per heavy atom. The van der Waals surface area contributed by atoms with Crippen LogP contribution in [0, 0.1) is 5.92 Å². The molecule has 2 N–H and O–H groups in total. The number of nitrogens with zero attached hydrogens (tertiary/aromatic N) is 2. The van der Waals surface area contributed by atoms with Crippen molar-refractivity contribution in [3.63, 3.8) is 0 Å². The van der Waals surface area contributed by atoms with Gasteiger partial charge in [-0.3, -0.25) is 10.1 Å². The largest absolute Gasteiger partial charge is 0.343 e. The van der Waals surface area contributed by atoms with Gasteiger partial charge >= 0.3 is 6.03 Å². The van der Waals surface area contributed by atoms with E-state index in [0.29, 0.717) is 34.6 Å². The molecule has 1 aromatic heterocycles. The molecule has 3 rings (SSSR count). The predicted octanol–water partition coefficient (Wildman–Crippen LogP) is 4.63. The Kier molecular flexibility index (Phi) is 6.68. The lowest BCUT2D eigenvalue weighted by atomic mass is 9.99. The highest BCUT2D eigenvalue weighted by molar-refractivity contribution is 7.13. The second kappa shape index (κ2) is 9.19. The van der Waals surface area contributed by atoms with Crippen LogP contribution in [0.15, 0.2) is 29.6 Å². The highest BCUT2D eigenvalue weighted by Crippen LogP contribution is 2.20. The number of hydrogen-bond donors (Lipinski definition) is 2. The van der Waals surface area contributed by atoms with Gasteiger partial charge in [-0.15, -0.1) is 11.3 Å². The van der Waals surface area contributed by atoms with Crippen molar-refractivity contribution in [3.8, 4) is 0 Å². The summed E-state index contributed by atoms with van der Waals surface area (Å²) in [6.45, 7) is 3.94. The topological polar surface area (TPSA) is 74.3 Å². The molecule has 6 nitrogen and oxygen atoms in total. The highest BCUT2D eigenvalue weighted by Gasteiger charge is 2.20. The van der Waals surface area contributed by atoms with Crippen molar-refractivity contribution < 1.29 is 9.59 Å². The van der Waals surface area contributed by atoms with Crippen LogP contribution < -0.4 is 10.6 Å². The molecule has 2 aromatic rings. The van der Waals surface area contributed by atoms with Gasteiger partial charge in [0.1, 0.15) is 0 Å². The molecule has 3 amide bonds. The molecule has 0 bridgehead atoms. The zero-order valence-electron chi connectivity index (χ0n) is 15.2. The quantitative estimate of drug-likeness (QED) is 0.760. The Balaban J connectivity index is 1.45. The minimum Gasteiger partial charge on any atom is -0.343 e. The fourth-order valence-electron chi connectivity index (χ4n) is 2.96. The lowest BCUT2D eigenvalue weighted by molar-refractivity contribution is -0.132. The van der Waals surface area contributed by atoms with Gasteiger partial charge in [0.15, 0.2) is 5.13 Å². The number of halogens is 1. The second-order valence-electron chi connectivity index (χ2n) is 6.80. The van der Waals surface area contributed by atoms with Crippen molar-refractivity contribution >= 4 is 45.7 Å². The number of rotatable bonds is 5. The van der Waals surface area contributed by atoms with E-state index in [2.05, 4.69) is 22.5 Å². The Morgan fingerprint density at radius 3 is 2.81 bits per heavy atom. The number of anilines is 2. The number of hydrogen-bond acceptors (Lipinski definition) is 4. The third kappa shape index (κ3) is 5.94. The van der Waals surface area contributed by atoms with Crippen LogP contribution in [-0.2, 0) is 11.2 Å². The minimum atomic E-state index is -0.378. The Labute approximate surface area is 167 Å². The zero-order valence-corrected chi connectivity index (χ0v) is 16.8. The van der Waals surface area contributed by atoms with Crippen molar-refractivity contribution in [2.24, 2.45) is 5.92 Å². The van der Waals surface area contributed by atoms with Gasteiger partial charge in [0.25, 0.3) is 0 Å². The van der Waals surface area contributed by atoms with Crippen LogP contribution in [0.4, 0.5) is 15.6 Å². The normalized spacial score (nSPS) is 14.8. The lowest BCUT2D eigenvalue weighted by Crippen LogP contribution is -2.38. The molecule has 0 saturated carbocycles. The summed E-state index contributed by atoms with van der Waals surface area (Å²) in [5.74, 6) is 0.891. The number of carbonyl (C=O) groups is 2. The number of urea groups is 1. The predicted molar refractivity (Wildman–Crippen MR) is 110 cm³/mol. The van der Waals surface area contributed by atoms with Crippen LogP contribution in [0.25, 0.3) is 0 Å². The smallest absolute Gasteiger partial charge is 0.325 e. The summed E-state index contributed by atoms with van der Waals surface area (Å²) in [7, 11) is 0. The van der Waals surface area contributed by atoms with Gasteiger partial charge in [-0.05, 0) is 43.4 Å². The number of likely N-dealkylation sites (tertiary alicyclic amines) is 1. The summed E-state index contributed by atoms with van der Waals surface area (Å²) >= 11 is 7.25. The molecule has 27 heavy (non-hydrogen) atoms. The number of thiazole rings is 1. The maximum Gasteiger partial charge on any atom is 0.325 e. The van der Waals surface area contributed by atoms with Crippen LogP contribution in [0.1, 0.15) is 31.9 Å². The van der Waals surface area contributed by atoms with Crippen LogP contribution in [-0.4, -0.2) is 34.9 Å². The number of carbonyl (C=O) groups excluding carboxylic acids is 2. The van der Waals surface area contributed by atoms with Gasteiger partial charge in [-0.2, -0.15) is 0 Å². The minimum absolute atomic E-state index is 0.183. The number of aryl methyl sites for hydroxylation is 1. The number of nitrogens with one attached hydrogen (secondary N) is 2. The molecule has 1 fully saturated rings. The van der Waals surface area contributed by atoms with E-state index in [1.165, 1.54) is 11.3 Å². The first-order valence-electron chi connectivity index (χ1n) is 9.05. The maximum atomic E-state index is 12.3. The van der Waals surface area contributed by atoms with E-state index < -0.39 is 0 Å². The fraction of sp³-hybridized carbons (Fsp3) is 0.421. The van der Waals surface area contributed by atoms with E-state index in [4.69, 9.17) is 11.6 Å². The highest BCUT2D eigenvalue weighted by atomic mass is 35.5. The Hall–Kier alpha value is -2.12. The third-order valence-electron chi connectivity index (χ3n) is 4.59. The van der Waals surface area contributed by atoms with E-state index in [-0.39, 0.29) is 11.9 Å². The molecular weight excluding hydrogens is 384 g/mol. The molecule has 1 aromatic carbocycles. The third-order valence-corrected chi connectivity index (χ3v) is 5.63. The van der Waals surface area contributed by atoms with Gasteiger partial charge < -0.3 is 10.2 Å². The summed E-state index contributed by atoms with van der Waals surface area (Å²) in [6, 6.07) is 6.55. The van der Waals surface area contributed by atoms with Crippen LogP contribution in [0.2, 0.25) is 5.02 Å². The first-order chi connectivity index (χ1) is 13.0. The van der Waals surface area contributed by atoms with Gasteiger partial charge in [0.2, 0.25) is 5.91 Å². The fourth-order valence-corrected chi connectivity index (χ4v) is 3.89. The molecule has 1 aliphatic rings. The zero-order chi connectivity index (χ0) is 19.2. The monoisotopic (exact) mass is 406 g/mol. The average Bonchev–Trinajstić information content (AvgIpc) is 3.07. The molecule has 0 radical (unpaired) electrons. The van der Waals surface area contributed by atoms with Crippen molar-refractivity contribution in [1.82, 2.24) is 9.88 Å². The summed E-state index contributed by atoms with van der Waals surface area (Å²) in [5.41, 5.74) is 1.43. The Bertz CT molecular complexity index is 803. The standard InChI is InChI=1S/C19H23ClN4O2S/c1-13-7-9-24(10-8-13)17(25)6-5-16-12-27-19(22-16)23-18(26)21-15-4-2-3-14(20)11-15/h2-4,11-13H,5-10H2,1H3,(H2,21,22,23,26). The molecule has 0 aliphatic carbocycles. The maximum absolute atomic E-state index is 12.3. The van der Waals surface area contributed by atoms with Gasteiger partial charge in [-0.25, -0.2) is 9.78 Å². The Morgan fingerprint density at radius 2 is 2.07 bits per heavy atom. The SMILES string of the molecule is CC1CCN(C(=O)CCc2csc(NC(=O)Nc3cccc(Cl)c3)n2)CC1. The lowest BCUT2D eigenvalue weighted by Gasteiger charge is -2.30. The first-order valence-corrected chi connectivity index (χ1v) is 10.3. The van der Waals surface area contributed by atoms with Crippen LogP contribution in [0.3, 0.4) is 0 Å². The van der Waals surface area contributed by atoms with E-state index in [9.17, 15) is 9.59 Å². The molecule has 2 heterocycles. The van der Waals surface area contributed by atoms with Gasteiger partial charge in [0.05, 0.1) is 5.69 Å². The molecular formula is C19H23ClN4O2S. The number of amides is 3. The van der Waals surface area contributed by atoms with E-state index in [1.807, 2.05) is 10.3 Å². The average molecular weight is 407 g/mol. The summed E-state index contributed by atoms with van der Waals surface area (Å²) in [4.78, 5) is 30.7. The molecule has 1 aliphatic heterocycles. The number of benzene rings is 1. The molecule has 0 spiro atoms. The van der Waals surface area contributed by atoms with Gasteiger partial charge in [-0.1, -0.05) is 24.6 Å². The first kappa shape index (κ1) is 19.6. The van der Waals surface area contributed by atoms with Crippen molar-refractivity contribution in [3.05, 3.63) is 40.4 Å². The molecule has 144 valence electrons. The van der Waals surface area contributed by atoms with Crippen LogP contribution in [0.5, 0.6) is 0 Å². The van der Waals surface area contributed by atoms with Crippen molar-refractivity contribution in [1.29, 1.82) is 0 Å². The molecule has 0 atom stereocenters. The van der Waals surface area contributed by atoms with E-state index in [0.717, 1.165) is 31.6 Å². The van der Waals surface area contributed by atoms with E-state index in [1.54, 1.807) is 24.3 Å². The second-order valence-corrected chi connectivity index (χ2v) is 8.09. The van der Waals surface area contributed by atoms with E-state index >= 15 is 0 Å². The number of piperidine rings is 1. The molecule has 1 saturated heterocycles. The molecule has 8 heteroatoms. The van der Waals surface area contributed by atoms with Gasteiger partial charge in [0, 0.05) is 35.6 Å². The molecule has 0 unspecified atom stereocenters. The van der Waals surface area contributed by atoms with Crippen molar-refractivity contribution in [2.45, 2.75) is 32.6 Å².